The van der Waals surface area contributed by atoms with Gasteiger partial charge < -0.3 is 4.90 Å². The second kappa shape index (κ2) is 4.35. The SMILES string of the molecule is Cc1cccc(Br)c1C(=O)N1CCCC1. The van der Waals surface area contributed by atoms with Crippen molar-refractivity contribution in [2.45, 2.75) is 19.8 Å². The van der Waals surface area contributed by atoms with E-state index in [1.807, 2.05) is 30.0 Å². The zero-order chi connectivity index (χ0) is 10.8. The molecule has 0 aromatic heterocycles. The number of hydrogen-bond donors (Lipinski definition) is 0. The van der Waals surface area contributed by atoms with Crippen LogP contribution in [-0.4, -0.2) is 23.9 Å². The summed E-state index contributed by atoms with van der Waals surface area (Å²) in [7, 11) is 0. The Bertz CT molecular complexity index is 363. The van der Waals surface area contributed by atoms with Crippen molar-refractivity contribution in [3.63, 3.8) is 0 Å². The van der Waals surface area contributed by atoms with Gasteiger partial charge in [-0.3, -0.25) is 4.79 Å². The molecule has 0 saturated carbocycles. The molecule has 3 heteroatoms. The molecule has 0 bridgehead atoms. The summed E-state index contributed by atoms with van der Waals surface area (Å²) >= 11 is 3.45. The number of carbonyl (C=O) groups excluding carboxylic acids is 1. The van der Waals surface area contributed by atoms with Crippen LogP contribution in [0.3, 0.4) is 0 Å². The van der Waals surface area contributed by atoms with Crippen LogP contribution in [0.2, 0.25) is 0 Å². The molecule has 2 nitrogen and oxygen atoms in total. The van der Waals surface area contributed by atoms with E-state index in [0.717, 1.165) is 41.5 Å². The van der Waals surface area contributed by atoms with E-state index < -0.39 is 0 Å². The first-order chi connectivity index (χ1) is 7.20. The number of hydrogen-bond acceptors (Lipinski definition) is 1. The van der Waals surface area contributed by atoms with Crippen LogP contribution >= 0.6 is 15.9 Å². The van der Waals surface area contributed by atoms with Gasteiger partial charge >= 0.3 is 0 Å². The van der Waals surface area contributed by atoms with Gasteiger partial charge in [0.15, 0.2) is 0 Å². The molecule has 0 atom stereocenters. The van der Waals surface area contributed by atoms with Gasteiger partial charge in [-0.25, -0.2) is 0 Å². The number of benzene rings is 1. The Morgan fingerprint density at radius 1 is 1.33 bits per heavy atom. The Kier molecular flexibility index (Phi) is 3.10. The Balaban J connectivity index is 2.32. The van der Waals surface area contributed by atoms with E-state index in [1.54, 1.807) is 0 Å². The first-order valence-corrected chi connectivity index (χ1v) is 6.04. The van der Waals surface area contributed by atoms with Crippen LogP contribution in [0.25, 0.3) is 0 Å². The highest BCUT2D eigenvalue weighted by Crippen LogP contribution is 2.23. The van der Waals surface area contributed by atoms with Gasteiger partial charge in [0, 0.05) is 17.6 Å². The highest BCUT2D eigenvalue weighted by Gasteiger charge is 2.22. The lowest BCUT2D eigenvalue weighted by atomic mass is 10.1. The largest absolute Gasteiger partial charge is 0.339 e. The van der Waals surface area contributed by atoms with Crippen LogP contribution in [0.15, 0.2) is 22.7 Å². The third kappa shape index (κ3) is 2.07. The van der Waals surface area contributed by atoms with Crippen molar-refractivity contribution in [1.29, 1.82) is 0 Å². The number of carbonyl (C=O) groups is 1. The number of aryl methyl sites for hydroxylation is 1. The van der Waals surface area contributed by atoms with E-state index in [9.17, 15) is 4.79 Å². The minimum absolute atomic E-state index is 0.164. The van der Waals surface area contributed by atoms with E-state index in [-0.39, 0.29) is 5.91 Å². The lowest BCUT2D eigenvalue weighted by Gasteiger charge is -2.17. The van der Waals surface area contributed by atoms with E-state index in [4.69, 9.17) is 0 Å². The van der Waals surface area contributed by atoms with Crippen molar-refractivity contribution < 1.29 is 4.79 Å². The summed E-state index contributed by atoms with van der Waals surface area (Å²) in [5.74, 6) is 0.164. The fraction of sp³-hybridized carbons (Fsp3) is 0.417. The number of halogens is 1. The van der Waals surface area contributed by atoms with Crippen molar-refractivity contribution in [3.8, 4) is 0 Å². The molecule has 15 heavy (non-hydrogen) atoms. The molecule has 0 unspecified atom stereocenters. The smallest absolute Gasteiger partial charge is 0.255 e. The second-order valence-corrected chi connectivity index (χ2v) is 4.79. The molecule has 1 amide bonds. The summed E-state index contributed by atoms with van der Waals surface area (Å²) in [4.78, 5) is 14.1. The molecule has 2 rings (SSSR count). The van der Waals surface area contributed by atoms with Gasteiger partial charge in [0.25, 0.3) is 5.91 Å². The van der Waals surface area contributed by atoms with Crippen molar-refractivity contribution >= 4 is 21.8 Å². The molecule has 1 saturated heterocycles. The topological polar surface area (TPSA) is 20.3 Å². The summed E-state index contributed by atoms with van der Waals surface area (Å²) in [6.45, 7) is 3.78. The molecule has 1 aliphatic rings. The van der Waals surface area contributed by atoms with E-state index >= 15 is 0 Å². The van der Waals surface area contributed by atoms with Gasteiger partial charge in [0.1, 0.15) is 0 Å². The molecular weight excluding hydrogens is 254 g/mol. The Labute approximate surface area is 98.4 Å². The molecule has 1 fully saturated rings. The Hall–Kier alpha value is -0.830. The molecule has 0 radical (unpaired) electrons. The summed E-state index contributed by atoms with van der Waals surface area (Å²) in [5, 5.41) is 0. The Morgan fingerprint density at radius 3 is 2.60 bits per heavy atom. The lowest BCUT2D eigenvalue weighted by Crippen LogP contribution is -2.28. The summed E-state index contributed by atoms with van der Waals surface area (Å²) in [5.41, 5.74) is 1.86. The molecule has 1 aromatic rings. The quantitative estimate of drug-likeness (QED) is 0.766. The van der Waals surface area contributed by atoms with Gasteiger partial charge in [-0.1, -0.05) is 12.1 Å². The molecular formula is C12H14BrNO. The van der Waals surface area contributed by atoms with Crippen molar-refractivity contribution in [3.05, 3.63) is 33.8 Å². The minimum Gasteiger partial charge on any atom is -0.339 e. The molecule has 1 aliphatic heterocycles. The fourth-order valence-corrected chi connectivity index (χ4v) is 2.62. The van der Waals surface area contributed by atoms with Crippen molar-refractivity contribution in [1.82, 2.24) is 4.90 Å². The predicted molar refractivity (Wildman–Crippen MR) is 64.0 cm³/mol. The number of rotatable bonds is 1. The minimum atomic E-state index is 0.164. The molecule has 0 N–H and O–H groups in total. The third-order valence-electron chi connectivity index (χ3n) is 2.83. The van der Waals surface area contributed by atoms with E-state index in [0.29, 0.717) is 0 Å². The molecule has 80 valence electrons. The molecule has 1 aromatic carbocycles. The van der Waals surface area contributed by atoms with Crippen LogP contribution < -0.4 is 0 Å². The van der Waals surface area contributed by atoms with Gasteiger partial charge in [-0.05, 0) is 47.3 Å². The first kappa shape index (κ1) is 10.7. The molecule has 0 aliphatic carbocycles. The van der Waals surface area contributed by atoms with Crippen molar-refractivity contribution in [2.75, 3.05) is 13.1 Å². The van der Waals surface area contributed by atoms with Crippen molar-refractivity contribution in [2.24, 2.45) is 0 Å². The first-order valence-electron chi connectivity index (χ1n) is 5.24. The molecule has 0 spiro atoms. The normalized spacial score (nSPS) is 15.7. The van der Waals surface area contributed by atoms with Gasteiger partial charge in [-0.15, -0.1) is 0 Å². The monoisotopic (exact) mass is 267 g/mol. The lowest BCUT2D eigenvalue weighted by molar-refractivity contribution is 0.0791. The zero-order valence-corrected chi connectivity index (χ0v) is 10.4. The Morgan fingerprint density at radius 2 is 2.00 bits per heavy atom. The number of amides is 1. The molecule has 1 heterocycles. The zero-order valence-electron chi connectivity index (χ0n) is 8.79. The number of nitrogens with zero attached hydrogens (tertiary/aromatic N) is 1. The maximum absolute atomic E-state index is 12.2. The van der Waals surface area contributed by atoms with Crippen LogP contribution in [0.4, 0.5) is 0 Å². The van der Waals surface area contributed by atoms with Crippen LogP contribution in [-0.2, 0) is 0 Å². The number of likely N-dealkylation sites (tertiary alicyclic amines) is 1. The average molecular weight is 268 g/mol. The summed E-state index contributed by atoms with van der Waals surface area (Å²) < 4.78 is 0.902. The third-order valence-corrected chi connectivity index (χ3v) is 3.49. The van der Waals surface area contributed by atoms with Crippen LogP contribution in [0.5, 0.6) is 0 Å². The highest BCUT2D eigenvalue weighted by molar-refractivity contribution is 9.10. The standard InChI is InChI=1S/C12H14BrNO/c1-9-5-4-6-10(13)11(9)12(15)14-7-2-3-8-14/h4-6H,2-3,7-8H2,1H3. The van der Waals surface area contributed by atoms with Crippen LogP contribution in [0.1, 0.15) is 28.8 Å². The summed E-state index contributed by atoms with van der Waals surface area (Å²) in [6, 6.07) is 5.87. The van der Waals surface area contributed by atoms with Gasteiger partial charge in [0.05, 0.1) is 5.56 Å². The van der Waals surface area contributed by atoms with Crippen LogP contribution in [0, 0.1) is 6.92 Å². The van der Waals surface area contributed by atoms with Gasteiger partial charge in [-0.2, -0.15) is 0 Å². The fourth-order valence-electron chi connectivity index (χ4n) is 1.98. The maximum atomic E-state index is 12.2. The predicted octanol–water partition coefficient (Wildman–Crippen LogP) is 2.99. The van der Waals surface area contributed by atoms with E-state index in [2.05, 4.69) is 15.9 Å². The maximum Gasteiger partial charge on any atom is 0.255 e. The van der Waals surface area contributed by atoms with Gasteiger partial charge in [0.2, 0.25) is 0 Å². The highest BCUT2D eigenvalue weighted by atomic mass is 79.9. The second-order valence-electron chi connectivity index (χ2n) is 3.93. The average Bonchev–Trinajstić information content (AvgIpc) is 2.69. The van der Waals surface area contributed by atoms with E-state index in [1.165, 1.54) is 0 Å². The summed E-state index contributed by atoms with van der Waals surface area (Å²) in [6.07, 6.45) is 2.27.